The third-order valence-corrected chi connectivity index (χ3v) is 3.58. The normalized spacial score (nSPS) is 15.9. The summed E-state index contributed by atoms with van der Waals surface area (Å²) in [6.45, 7) is 5.35. The number of allylic oxidation sites excluding steroid dienone is 2. The van der Waals surface area contributed by atoms with Gasteiger partial charge in [-0.3, -0.25) is 0 Å². The fourth-order valence-corrected chi connectivity index (χ4v) is 2.53. The number of amides is 1. The predicted octanol–water partition coefficient (Wildman–Crippen LogP) is 2.99. The third-order valence-electron chi connectivity index (χ3n) is 2.62. The summed E-state index contributed by atoms with van der Waals surface area (Å²) in [6, 6.07) is 0. The van der Waals surface area contributed by atoms with E-state index in [0.717, 1.165) is 18.4 Å². The van der Waals surface area contributed by atoms with E-state index >= 15 is 0 Å². The lowest BCUT2D eigenvalue weighted by atomic mass is 10.1. The molecule has 0 saturated carbocycles. The van der Waals surface area contributed by atoms with Crippen molar-refractivity contribution >= 4 is 18.0 Å². The number of carbonyl (C=O) groups excluding carboxylic acids is 1. The van der Waals surface area contributed by atoms with E-state index in [0.29, 0.717) is 12.2 Å². The Morgan fingerprint density at radius 3 is 2.86 bits per heavy atom. The number of rotatable bonds is 6. The molecule has 1 aliphatic rings. The van der Waals surface area contributed by atoms with Crippen LogP contribution in [0.4, 0.5) is 4.79 Å². The highest BCUT2D eigenvalue weighted by Gasteiger charge is 2.24. The van der Waals surface area contributed by atoms with Crippen molar-refractivity contribution in [2.24, 2.45) is 0 Å². The summed E-state index contributed by atoms with van der Waals surface area (Å²) in [5.74, 6) is 3.12. The largest absolute Gasteiger partial charge is 0.443 e. The Bertz CT molecular complexity index is 475. The second kappa shape index (κ2) is 8.89. The Morgan fingerprint density at radius 1 is 1.59 bits per heavy atom. The first-order valence-electron chi connectivity index (χ1n) is 7.23. The molecule has 0 saturated heterocycles. The summed E-state index contributed by atoms with van der Waals surface area (Å²) in [5, 5.41) is 10.4. The van der Waals surface area contributed by atoms with Gasteiger partial charge in [0.1, 0.15) is 5.60 Å². The Balaban J connectivity index is 2.70. The van der Waals surface area contributed by atoms with Crippen LogP contribution >= 0.6 is 11.9 Å². The lowest BCUT2D eigenvalue weighted by Gasteiger charge is -2.29. The van der Waals surface area contributed by atoms with Crippen LogP contribution in [-0.4, -0.2) is 33.2 Å². The molecule has 0 radical (unpaired) electrons. The van der Waals surface area contributed by atoms with Gasteiger partial charge in [0.05, 0.1) is 0 Å². The molecule has 1 aliphatic carbocycles. The van der Waals surface area contributed by atoms with Crippen molar-refractivity contribution in [3.8, 4) is 12.3 Å². The molecule has 0 aromatic heterocycles. The van der Waals surface area contributed by atoms with Gasteiger partial charge in [-0.2, -0.15) is 0 Å². The number of terminal acetylenes is 1. The van der Waals surface area contributed by atoms with Crippen LogP contribution in [0.5, 0.6) is 0 Å². The smallest absolute Gasteiger partial charge is 0.423 e. The minimum atomic E-state index is -0.952. The number of hydrazine groups is 1. The molecule has 1 atom stereocenters. The number of hydrogen-bond donors (Lipinski definition) is 2. The van der Waals surface area contributed by atoms with E-state index in [1.165, 1.54) is 16.4 Å². The number of nitrogens with zero attached hydrogens (tertiary/aromatic N) is 1. The first-order chi connectivity index (χ1) is 10.3. The molecule has 0 spiro atoms. The predicted molar refractivity (Wildman–Crippen MR) is 89.6 cm³/mol. The average molecular weight is 324 g/mol. The molecule has 0 unspecified atom stereocenters. The van der Waals surface area contributed by atoms with E-state index < -0.39 is 17.9 Å². The molecule has 0 aliphatic heterocycles. The molecule has 0 fully saturated rings. The maximum atomic E-state index is 11.9. The summed E-state index contributed by atoms with van der Waals surface area (Å²) in [4.78, 5) is 11.9. The van der Waals surface area contributed by atoms with Gasteiger partial charge in [0.2, 0.25) is 0 Å². The summed E-state index contributed by atoms with van der Waals surface area (Å²) in [6.07, 6.45) is 11.9. The summed E-state index contributed by atoms with van der Waals surface area (Å²) >= 11 is 1.26. The maximum absolute atomic E-state index is 11.9. The van der Waals surface area contributed by atoms with Crippen LogP contribution in [0.3, 0.4) is 0 Å². The molecule has 5 nitrogen and oxygen atoms in total. The minimum Gasteiger partial charge on any atom is -0.443 e. The van der Waals surface area contributed by atoms with Crippen molar-refractivity contribution in [2.45, 2.75) is 51.9 Å². The highest BCUT2D eigenvalue weighted by molar-refractivity contribution is 7.97. The van der Waals surface area contributed by atoms with Crippen molar-refractivity contribution < 1.29 is 14.6 Å². The fourth-order valence-electron chi connectivity index (χ4n) is 1.72. The Morgan fingerprint density at radius 2 is 2.32 bits per heavy atom. The van der Waals surface area contributed by atoms with Crippen molar-refractivity contribution in [2.75, 3.05) is 5.75 Å². The maximum Gasteiger partial charge on any atom is 0.423 e. The van der Waals surface area contributed by atoms with E-state index in [9.17, 15) is 9.90 Å². The Kier molecular flexibility index (Phi) is 7.52. The molecule has 6 heteroatoms. The molecule has 1 rings (SSSR count). The molecular formula is C16H24N2O3S. The first kappa shape index (κ1) is 18.6. The van der Waals surface area contributed by atoms with Crippen molar-refractivity contribution in [1.29, 1.82) is 0 Å². The summed E-state index contributed by atoms with van der Waals surface area (Å²) in [7, 11) is 0. The molecule has 0 heterocycles. The lowest BCUT2D eigenvalue weighted by molar-refractivity contribution is 0.0220. The first-order valence-corrected chi connectivity index (χ1v) is 8.17. The SMILES string of the molecule is C#CCCSN(NC(=O)OC(C)(C)C)[C@H](O)C1=CCCC=C1. The highest BCUT2D eigenvalue weighted by Crippen LogP contribution is 2.21. The Labute approximate surface area is 136 Å². The van der Waals surface area contributed by atoms with Gasteiger partial charge in [0, 0.05) is 12.2 Å². The molecule has 22 heavy (non-hydrogen) atoms. The van der Waals surface area contributed by atoms with E-state index in [1.807, 2.05) is 18.2 Å². The second-order valence-corrected chi connectivity index (χ2v) is 6.84. The van der Waals surface area contributed by atoms with Crippen LogP contribution in [0.1, 0.15) is 40.0 Å². The number of aliphatic hydroxyl groups is 1. The van der Waals surface area contributed by atoms with E-state index in [-0.39, 0.29) is 0 Å². The zero-order chi connectivity index (χ0) is 16.6. The number of hydrogen-bond acceptors (Lipinski definition) is 5. The summed E-state index contributed by atoms with van der Waals surface area (Å²) < 4.78 is 6.60. The quantitative estimate of drug-likeness (QED) is 0.259. The number of aliphatic hydroxyl groups excluding tert-OH is 1. The number of nitrogens with one attached hydrogen (secondary N) is 1. The zero-order valence-electron chi connectivity index (χ0n) is 13.3. The van der Waals surface area contributed by atoms with Crippen molar-refractivity contribution in [3.05, 3.63) is 23.8 Å². The van der Waals surface area contributed by atoms with Crippen LogP contribution in [0.2, 0.25) is 0 Å². The van der Waals surface area contributed by atoms with Crippen molar-refractivity contribution in [1.82, 2.24) is 9.84 Å². The molecule has 0 aromatic rings. The average Bonchev–Trinajstić information content (AvgIpc) is 2.44. The minimum absolute atomic E-state index is 0.540. The van der Waals surface area contributed by atoms with Gasteiger partial charge in [-0.05, 0) is 39.2 Å². The van der Waals surface area contributed by atoms with Crippen molar-refractivity contribution in [3.63, 3.8) is 0 Å². The number of ether oxygens (including phenoxy) is 1. The molecule has 1 amide bonds. The fraction of sp³-hybridized carbons (Fsp3) is 0.562. The molecule has 0 aromatic carbocycles. The van der Waals surface area contributed by atoms with Gasteiger partial charge < -0.3 is 9.84 Å². The van der Waals surface area contributed by atoms with Crippen LogP contribution in [0.25, 0.3) is 0 Å². The number of carbonyl (C=O) groups is 1. The topological polar surface area (TPSA) is 61.8 Å². The van der Waals surface area contributed by atoms with Gasteiger partial charge in [-0.25, -0.2) is 10.2 Å². The van der Waals surface area contributed by atoms with E-state index in [4.69, 9.17) is 11.2 Å². The third kappa shape index (κ3) is 7.03. The van der Waals surface area contributed by atoms with Gasteiger partial charge >= 0.3 is 6.09 Å². The van der Waals surface area contributed by atoms with Gasteiger partial charge in [0.25, 0.3) is 0 Å². The Hall–Kier alpha value is -1.42. The molecule has 2 N–H and O–H groups in total. The lowest BCUT2D eigenvalue weighted by Crippen LogP contribution is -2.47. The molecular weight excluding hydrogens is 300 g/mol. The van der Waals surface area contributed by atoms with E-state index in [1.54, 1.807) is 20.8 Å². The van der Waals surface area contributed by atoms with Gasteiger partial charge in [0.15, 0.2) is 6.23 Å². The summed E-state index contributed by atoms with van der Waals surface area (Å²) in [5.41, 5.74) is 2.71. The van der Waals surface area contributed by atoms with Gasteiger partial charge in [-0.15, -0.1) is 16.8 Å². The van der Waals surface area contributed by atoms with Crippen LogP contribution < -0.4 is 5.43 Å². The molecule has 122 valence electrons. The van der Waals surface area contributed by atoms with Gasteiger partial charge in [-0.1, -0.05) is 30.2 Å². The van der Waals surface area contributed by atoms with Crippen LogP contribution in [0, 0.1) is 12.3 Å². The monoisotopic (exact) mass is 324 g/mol. The molecule has 0 bridgehead atoms. The van der Waals surface area contributed by atoms with Crippen LogP contribution in [-0.2, 0) is 4.74 Å². The highest BCUT2D eigenvalue weighted by atomic mass is 32.2. The second-order valence-electron chi connectivity index (χ2n) is 5.78. The standard InChI is InChI=1S/C16H24N2O3S/c1-5-6-12-22-18(17-15(20)21-16(2,3)4)14(19)13-10-8-7-9-11-13/h1,8,10-11,14,19H,6-7,9,12H2,2-4H3,(H,17,20)/t14-/m1/s1. The van der Waals surface area contributed by atoms with E-state index in [2.05, 4.69) is 11.3 Å². The van der Waals surface area contributed by atoms with Crippen LogP contribution in [0.15, 0.2) is 23.8 Å². The zero-order valence-corrected chi connectivity index (χ0v) is 14.2.